The lowest BCUT2D eigenvalue weighted by Gasteiger charge is -2.29. The van der Waals surface area contributed by atoms with Gasteiger partial charge in [0.05, 0.1) is 30.1 Å². The van der Waals surface area contributed by atoms with Gasteiger partial charge in [0.2, 0.25) is 5.91 Å². The van der Waals surface area contributed by atoms with Gasteiger partial charge in [-0.1, -0.05) is 6.07 Å². The van der Waals surface area contributed by atoms with E-state index in [-0.39, 0.29) is 23.6 Å². The molecule has 5 rings (SSSR count). The second-order valence-electron chi connectivity index (χ2n) is 8.72. The molecule has 2 atom stereocenters. The van der Waals surface area contributed by atoms with Crippen molar-refractivity contribution in [3.05, 3.63) is 102 Å². The molecule has 1 fully saturated rings. The summed E-state index contributed by atoms with van der Waals surface area (Å²) in [7, 11) is 1.55. The fraction of sp³-hybridized carbons (Fsp3) is 0.143. The van der Waals surface area contributed by atoms with Gasteiger partial charge in [-0.25, -0.2) is 4.79 Å². The van der Waals surface area contributed by atoms with Crippen molar-refractivity contribution in [1.29, 1.82) is 0 Å². The number of thiocarbonyl (C=S) groups is 1. The number of carbonyl (C=O) groups is 2. The van der Waals surface area contributed by atoms with Gasteiger partial charge in [0.15, 0.2) is 5.11 Å². The maximum Gasteiger partial charge on any atom is 0.335 e. The van der Waals surface area contributed by atoms with E-state index in [1.807, 2.05) is 58.1 Å². The number of carboxylic acids is 1. The minimum Gasteiger partial charge on any atom is -0.495 e. The lowest BCUT2D eigenvalue weighted by atomic mass is 10.0. The predicted molar refractivity (Wildman–Crippen MR) is 148 cm³/mol. The zero-order valence-corrected chi connectivity index (χ0v) is 21.5. The maximum absolute atomic E-state index is 11.9. The number of hydrogen-bond donors (Lipinski definition) is 3. The van der Waals surface area contributed by atoms with Crippen LogP contribution in [0.15, 0.2) is 85.2 Å². The molecule has 3 N–H and O–H groups in total. The van der Waals surface area contributed by atoms with Crippen LogP contribution in [-0.4, -0.2) is 38.8 Å². The topological polar surface area (TPSA) is 109 Å². The van der Waals surface area contributed by atoms with Crippen molar-refractivity contribution in [2.24, 2.45) is 0 Å². The van der Waals surface area contributed by atoms with E-state index in [2.05, 4.69) is 15.6 Å². The lowest BCUT2D eigenvalue weighted by Crippen LogP contribution is -2.30. The first kappa shape index (κ1) is 25.0. The summed E-state index contributed by atoms with van der Waals surface area (Å²) in [6, 6.07) is 21.3. The summed E-state index contributed by atoms with van der Waals surface area (Å²) in [6.45, 7) is 1.44. The number of aromatic nitrogens is 2. The average molecular weight is 528 g/mol. The summed E-state index contributed by atoms with van der Waals surface area (Å²) in [5.74, 6) is -0.670. The summed E-state index contributed by atoms with van der Waals surface area (Å²) in [6.07, 6.45) is 3.67. The molecule has 1 saturated heterocycles. The van der Waals surface area contributed by atoms with E-state index < -0.39 is 5.97 Å². The molecular formula is C28H25N5O4S. The highest BCUT2D eigenvalue weighted by atomic mass is 32.1. The largest absolute Gasteiger partial charge is 0.495 e. The van der Waals surface area contributed by atoms with E-state index in [0.717, 1.165) is 22.8 Å². The highest BCUT2D eigenvalue weighted by Crippen LogP contribution is 2.43. The Morgan fingerprint density at radius 2 is 1.82 bits per heavy atom. The number of aromatic carboxylic acids is 1. The Morgan fingerprint density at radius 3 is 2.47 bits per heavy atom. The molecule has 9 nitrogen and oxygen atoms in total. The molecular weight excluding hydrogens is 502 g/mol. The van der Waals surface area contributed by atoms with Crippen molar-refractivity contribution in [1.82, 2.24) is 14.9 Å². The second-order valence-corrected chi connectivity index (χ2v) is 9.10. The highest BCUT2D eigenvalue weighted by molar-refractivity contribution is 7.80. The molecule has 1 aliphatic heterocycles. The molecule has 0 radical (unpaired) electrons. The average Bonchev–Trinajstić information content (AvgIpc) is 3.53. The first-order valence-corrected chi connectivity index (χ1v) is 12.3. The Hall–Kier alpha value is -4.70. The van der Waals surface area contributed by atoms with Crippen LogP contribution < -0.4 is 20.3 Å². The second kappa shape index (κ2) is 10.3. The molecule has 0 saturated carbocycles. The number of methoxy groups -OCH3 is 1. The predicted octanol–water partition coefficient (Wildman–Crippen LogP) is 4.71. The number of nitrogens with one attached hydrogen (secondary N) is 2. The quantitative estimate of drug-likeness (QED) is 0.297. The van der Waals surface area contributed by atoms with Crippen molar-refractivity contribution < 1.29 is 19.4 Å². The Balaban J connectivity index is 1.64. The number of anilines is 2. The lowest BCUT2D eigenvalue weighted by molar-refractivity contribution is -0.114. The van der Waals surface area contributed by atoms with Gasteiger partial charge < -0.3 is 29.9 Å². The third-order valence-corrected chi connectivity index (χ3v) is 6.66. The van der Waals surface area contributed by atoms with Crippen LogP contribution in [0.2, 0.25) is 0 Å². The number of benzene rings is 2. The molecule has 2 aromatic heterocycles. The number of ether oxygens (including phenoxy) is 1. The zero-order valence-electron chi connectivity index (χ0n) is 20.7. The molecule has 10 heteroatoms. The Bertz CT molecular complexity index is 1500. The monoisotopic (exact) mass is 527 g/mol. The van der Waals surface area contributed by atoms with Crippen LogP contribution in [0, 0.1) is 0 Å². The summed E-state index contributed by atoms with van der Waals surface area (Å²) in [4.78, 5) is 29.8. The van der Waals surface area contributed by atoms with Crippen molar-refractivity contribution in [2.45, 2.75) is 19.0 Å². The summed E-state index contributed by atoms with van der Waals surface area (Å²) < 4.78 is 7.45. The molecule has 0 aliphatic carbocycles. The number of carboxylic acid groups (broad SMARTS) is 1. The molecule has 4 aromatic rings. The molecule has 192 valence electrons. The smallest absolute Gasteiger partial charge is 0.335 e. The van der Waals surface area contributed by atoms with Crippen molar-refractivity contribution in [3.8, 4) is 11.4 Å². The highest BCUT2D eigenvalue weighted by Gasteiger charge is 2.42. The molecule has 2 aromatic carbocycles. The standard InChI is InChI=1S/C28H25N5O4S/c1-17(34)30-22-16-20(12-13-24(22)37-2)33-26(25(31-28(33)38)21-6-3-4-14-29-21)23-7-5-15-32(23)19-10-8-18(9-11-19)27(35)36/h3-16,25-26H,1-2H3,(H,30,34)(H,31,38)(H,35,36)/t25-,26-/m0/s1. The van der Waals surface area contributed by atoms with Crippen LogP contribution in [0.25, 0.3) is 5.69 Å². The van der Waals surface area contributed by atoms with Gasteiger partial charge in [0.25, 0.3) is 0 Å². The van der Waals surface area contributed by atoms with E-state index in [1.54, 1.807) is 43.6 Å². The van der Waals surface area contributed by atoms with Crippen molar-refractivity contribution in [2.75, 3.05) is 17.3 Å². The van der Waals surface area contributed by atoms with Crippen LogP contribution in [0.5, 0.6) is 5.75 Å². The van der Waals surface area contributed by atoms with Crippen LogP contribution in [0.4, 0.5) is 11.4 Å². The first-order valence-electron chi connectivity index (χ1n) is 11.8. The maximum atomic E-state index is 11.9. The van der Waals surface area contributed by atoms with Crippen molar-refractivity contribution in [3.63, 3.8) is 0 Å². The molecule has 1 amide bonds. The molecule has 1 aliphatic rings. The summed E-state index contributed by atoms with van der Waals surface area (Å²) in [5.41, 5.74) is 4.02. The third-order valence-electron chi connectivity index (χ3n) is 6.35. The number of carbonyl (C=O) groups excluding carboxylic acids is 1. The van der Waals surface area contributed by atoms with Crippen molar-refractivity contribution >= 4 is 40.6 Å². The number of amides is 1. The van der Waals surface area contributed by atoms with Gasteiger partial charge in [-0.3, -0.25) is 9.78 Å². The summed E-state index contributed by atoms with van der Waals surface area (Å²) >= 11 is 5.84. The Kier molecular flexibility index (Phi) is 6.80. The van der Waals surface area contributed by atoms with Crippen LogP contribution >= 0.6 is 12.2 Å². The van der Waals surface area contributed by atoms with E-state index in [4.69, 9.17) is 17.0 Å². The van der Waals surface area contributed by atoms with Gasteiger partial charge in [0.1, 0.15) is 11.8 Å². The molecule has 3 heterocycles. The van der Waals surface area contributed by atoms with E-state index in [9.17, 15) is 14.7 Å². The van der Waals surface area contributed by atoms with Gasteiger partial charge >= 0.3 is 5.97 Å². The molecule has 0 unspecified atom stereocenters. The molecule has 38 heavy (non-hydrogen) atoms. The Morgan fingerprint density at radius 1 is 1.05 bits per heavy atom. The first-order chi connectivity index (χ1) is 18.4. The van der Waals surface area contributed by atoms with Gasteiger partial charge in [-0.15, -0.1) is 0 Å². The fourth-order valence-corrected chi connectivity index (χ4v) is 5.05. The van der Waals surface area contributed by atoms with E-state index in [1.165, 1.54) is 6.92 Å². The van der Waals surface area contributed by atoms with E-state index >= 15 is 0 Å². The van der Waals surface area contributed by atoms with Gasteiger partial charge in [0, 0.05) is 36.4 Å². The van der Waals surface area contributed by atoms with Crippen LogP contribution in [0.3, 0.4) is 0 Å². The van der Waals surface area contributed by atoms with Gasteiger partial charge in [-0.2, -0.15) is 0 Å². The van der Waals surface area contributed by atoms with Gasteiger partial charge in [-0.05, 0) is 78.9 Å². The number of pyridine rings is 1. The van der Waals surface area contributed by atoms with Crippen LogP contribution in [0.1, 0.15) is 40.8 Å². The number of rotatable bonds is 7. The van der Waals surface area contributed by atoms with E-state index in [0.29, 0.717) is 16.5 Å². The fourth-order valence-electron chi connectivity index (χ4n) is 4.70. The Labute approximate surface area is 224 Å². The third kappa shape index (κ3) is 4.69. The summed E-state index contributed by atoms with van der Waals surface area (Å²) in [5, 5.41) is 16.1. The SMILES string of the molecule is COc1ccc(N2C(=S)N[C@@H](c3ccccn3)[C@@H]2c2cccn2-c2ccc(C(=O)O)cc2)cc1NC(C)=O. The number of hydrogen-bond acceptors (Lipinski definition) is 5. The minimum atomic E-state index is -0.981. The molecule has 0 spiro atoms. The number of nitrogens with zero attached hydrogens (tertiary/aromatic N) is 3. The minimum absolute atomic E-state index is 0.211. The zero-order chi connectivity index (χ0) is 26.8. The molecule has 0 bridgehead atoms. The van der Waals surface area contributed by atoms with Crippen LogP contribution in [-0.2, 0) is 4.79 Å². The normalized spacial score (nSPS) is 16.7.